The number of halogens is 4. The van der Waals surface area contributed by atoms with Crippen LogP contribution in [0.15, 0.2) is 42.5 Å². The molecule has 7 nitrogen and oxygen atoms in total. The lowest BCUT2D eigenvalue weighted by Crippen LogP contribution is -2.37. The van der Waals surface area contributed by atoms with Crippen LogP contribution in [0.4, 0.5) is 13.2 Å². The first kappa shape index (κ1) is 23.5. The van der Waals surface area contributed by atoms with Gasteiger partial charge in [-0.1, -0.05) is 17.7 Å². The highest BCUT2D eigenvalue weighted by atomic mass is 35.5. The van der Waals surface area contributed by atoms with Crippen LogP contribution in [-0.4, -0.2) is 44.6 Å². The van der Waals surface area contributed by atoms with E-state index in [1.165, 1.54) is 10.7 Å². The number of hydrogen-bond acceptors (Lipinski definition) is 6. The SMILES string of the molecule is COc1ccc(-n2nnnc2C(NC2(CCCO)CC2)c2ccc(C(F)(F)F)cc2Cl)cc1. The smallest absolute Gasteiger partial charge is 0.416 e. The van der Waals surface area contributed by atoms with Gasteiger partial charge in [0.25, 0.3) is 0 Å². The maximum atomic E-state index is 13.2. The molecule has 1 heterocycles. The van der Waals surface area contributed by atoms with E-state index in [9.17, 15) is 18.3 Å². The minimum absolute atomic E-state index is 0.0374. The largest absolute Gasteiger partial charge is 0.497 e. The molecule has 0 radical (unpaired) electrons. The van der Waals surface area contributed by atoms with E-state index in [1.807, 2.05) is 0 Å². The van der Waals surface area contributed by atoms with Crippen LogP contribution in [0, 0.1) is 0 Å². The average Bonchev–Trinajstić information content (AvgIpc) is 3.39. The highest BCUT2D eigenvalue weighted by Gasteiger charge is 2.45. The maximum Gasteiger partial charge on any atom is 0.416 e. The van der Waals surface area contributed by atoms with Gasteiger partial charge in [-0.15, -0.1) is 5.10 Å². The highest BCUT2D eigenvalue weighted by molar-refractivity contribution is 6.31. The molecule has 1 unspecified atom stereocenters. The molecule has 1 aliphatic rings. The monoisotopic (exact) mass is 481 g/mol. The molecular formula is C22H23ClF3N5O2. The number of nitrogens with zero attached hydrogens (tertiary/aromatic N) is 4. The summed E-state index contributed by atoms with van der Waals surface area (Å²) in [6.45, 7) is 0.0543. The summed E-state index contributed by atoms with van der Waals surface area (Å²) in [6, 6.07) is 9.70. The van der Waals surface area contributed by atoms with Gasteiger partial charge in [-0.25, -0.2) is 0 Å². The number of aromatic nitrogens is 4. The average molecular weight is 482 g/mol. The van der Waals surface area contributed by atoms with Gasteiger partial charge in [-0.2, -0.15) is 17.9 Å². The third-order valence-corrected chi connectivity index (χ3v) is 6.15. The molecule has 176 valence electrons. The van der Waals surface area contributed by atoms with Crippen molar-refractivity contribution in [2.75, 3.05) is 13.7 Å². The molecule has 1 saturated carbocycles. The third kappa shape index (κ3) is 5.13. The Balaban J connectivity index is 1.76. The quantitative estimate of drug-likeness (QED) is 0.473. The van der Waals surface area contributed by atoms with Crippen LogP contribution in [0.1, 0.15) is 48.7 Å². The van der Waals surface area contributed by atoms with Gasteiger partial charge in [0.05, 0.1) is 24.4 Å². The Kier molecular flexibility index (Phi) is 6.60. The summed E-state index contributed by atoms with van der Waals surface area (Å²) in [4.78, 5) is 0. The first-order valence-corrected chi connectivity index (χ1v) is 10.8. The van der Waals surface area contributed by atoms with Gasteiger partial charge in [0.15, 0.2) is 5.82 Å². The van der Waals surface area contributed by atoms with Crippen molar-refractivity contribution >= 4 is 11.6 Å². The standard InChI is InChI=1S/C22H23ClF3N5O2/c1-33-16-6-4-15(5-7-16)31-20(28-29-30-31)19(27-21(10-11-21)9-2-12-32)17-8-3-14(13-18(17)23)22(24,25)26/h3-8,13,19,27,32H,2,9-12H2,1H3. The lowest BCUT2D eigenvalue weighted by molar-refractivity contribution is -0.137. The zero-order valence-electron chi connectivity index (χ0n) is 17.8. The van der Waals surface area contributed by atoms with Crippen LogP contribution >= 0.6 is 11.6 Å². The van der Waals surface area contributed by atoms with Crippen LogP contribution < -0.4 is 10.1 Å². The number of tetrazole rings is 1. The molecule has 33 heavy (non-hydrogen) atoms. The molecule has 0 aliphatic heterocycles. The summed E-state index contributed by atoms with van der Waals surface area (Å²) in [6.07, 6.45) is -1.46. The number of aliphatic hydroxyl groups is 1. The van der Waals surface area contributed by atoms with Gasteiger partial charge < -0.3 is 9.84 Å². The van der Waals surface area contributed by atoms with E-state index in [1.54, 1.807) is 31.4 Å². The number of ether oxygens (including phenoxy) is 1. The van der Waals surface area contributed by atoms with Gasteiger partial charge in [0.2, 0.25) is 0 Å². The summed E-state index contributed by atoms with van der Waals surface area (Å²) < 4.78 is 46.3. The van der Waals surface area contributed by atoms with Gasteiger partial charge in [0, 0.05) is 17.2 Å². The minimum atomic E-state index is -4.51. The maximum absolute atomic E-state index is 13.2. The molecule has 3 aromatic rings. The lowest BCUT2D eigenvalue weighted by Gasteiger charge is -2.26. The number of alkyl halides is 3. The van der Waals surface area contributed by atoms with Crippen molar-refractivity contribution in [1.82, 2.24) is 25.5 Å². The van der Waals surface area contributed by atoms with E-state index < -0.39 is 17.8 Å². The van der Waals surface area contributed by atoms with Crippen molar-refractivity contribution in [2.24, 2.45) is 0 Å². The molecule has 1 aliphatic carbocycles. The van der Waals surface area contributed by atoms with Crippen molar-refractivity contribution in [3.8, 4) is 11.4 Å². The molecule has 1 atom stereocenters. The second-order valence-electron chi connectivity index (χ2n) is 8.07. The van der Waals surface area contributed by atoms with Crippen molar-refractivity contribution in [1.29, 1.82) is 0 Å². The summed E-state index contributed by atoms with van der Waals surface area (Å²) in [5.41, 5.74) is -0.00247. The number of rotatable bonds is 9. The Labute approximate surface area is 193 Å². The van der Waals surface area contributed by atoms with Crippen LogP contribution in [0.5, 0.6) is 5.75 Å². The Morgan fingerprint density at radius 3 is 2.52 bits per heavy atom. The predicted molar refractivity (Wildman–Crippen MR) is 115 cm³/mol. The minimum Gasteiger partial charge on any atom is -0.497 e. The van der Waals surface area contributed by atoms with E-state index in [-0.39, 0.29) is 17.2 Å². The molecule has 0 amide bonds. The molecule has 0 spiro atoms. The van der Waals surface area contributed by atoms with E-state index in [0.717, 1.165) is 25.0 Å². The summed E-state index contributed by atoms with van der Waals surface area (Å²) in [5.74, 6) is 1.05. The fourth-order valence-electron chi connectivity index (χ4n) is 3.84. The zero-order valence-corrected chi connectivity index (χ0v) is 18.6. The zero-order chi connectivity index (χ0) is 23.6. The van der Waals surface area contributed by atoms with Gasteiger partial charge in [-0.05, 0) is 78.1 Å². The van der Waals surface area contributed by atoms with Crippen molar-refractivity contribution in [3.63, 3.8) is 0 Å². The normalized spacial score (nSPS) is 15.9. The number of methoxy groups -OCH3 is 1. The molecule has 2 aromatic carbocycles. The molecule has 0 saturated heterocycles. The predicted octanol–water partition coefficient (Wildman–Crippen LogP) is 4.33. The second-order valence-corrected chi connectivity index (χ2v) is 8.47. The van der Waals surface area contributed by atoms with Crippen LogP contribution in [0.25, 0.3) is 5.69 Å². The number of hydrogen-bond donors (Lipinski definition) is 2. The van der Waals surface area contributed by atoms with Crippen LogP contribution in [0.2, 0.25) is 5.02 Å². The van der Waals surface area contributed by atoms with Crippen molar-refractivity contribution < 1.29 is 23.0 Å². The van der Waals surface area contributed by atoms with Crippen LogP contribution in [-0.2, 0) is 6.18 Å². The highest BCUT2D eigenvalue weighted by Crippen LogP contribution is 2.44. The van der Waals surface area contributed by atoms with E-state index >= 15 is 0 Å². The number of nitrogens with one attached hydrogen (secondary N) is 1. The molecule has 1 fully saturated rings. The Morgan fingerprint density at radius 1 is 1.21 bits per heavy atom. The van der Waals surface area contributed by atoms with Crippen LogP contribution in [0.3, 0.4) is 0 Å². The fraction of sp³-hybridized carbons (Fsp3) is 0.409. The first-order valence-electron chi connectivity index (χ1n) is 10.4. The second kappa shape index (κ2) is 9.28. The molecule has 0 bridgehead atoms. The van der Waals surface area contributed by atoms with Crippen molar-refractivity contribution in [3.05, 3.63) is 64.4 Å². The topological polar surface area (TPSA) is 85.1 Å². The molecule has 2 N–H and O–H groups in total. The first-order chi connectivity index (χ1) is 15.8. The molecule has 11 heteroatoms. The van der Waals surface area contributed by atoms with Crippen molar-refractivity contribution in [2.45, 2.75) is 43.4 Å². The lowest BCUT2D eigenvalue weighted by atomic mass is 10.0. The molecule has 1 aromatic heterocycles. The Hall–Kier alpha value is -2.69. The summed E-state index contributed by atoms with van der Waals surface area (Å²) >= 11 is 6.36. The van der Waals surface area contributed by atoms with E-state index in [2.05, 4.69) is 20.8 Å². The number of benzene rings is 2. The van der Waals surface area contributed by atoms with Gasteiger partial charge in [0.1, 0.15) is 5.75 Å². The third-order valence-electron chi connectivity index (χ3n) is 5.83. The fourth-order valence-corrected chi connectivity index (χ4v) is 4.13. The summed E-state index contributed by atoms with van der Waals surface area (Å²) in [5, 5.41) is 24.9. The van der Waals surface area contributed by atoms with Gasteiger partial charge >= 0.3 is 6.18 Å². The Morgan fingerprint density at radius 2 is 1.94 bits per heavy atom. The Bertz CT molecular complexity index is 1100. The van der Waals surface area contributed by atoms with E-state index in [0.29, 0.717) is 35.7 Å². The number of aliphatic hydroxyl groups excluding tert-OH is 1. The molecule has 4 rings (SSSR count). The van der Waals surface area contributed by atoms with E-state index in [4.69, 9.17) is 16.3 Å². The van der Waals surface area contributed by atoms with Gasteiger partial charge in [-0.3, -0.25) is 5.32 Å². The summed E-state index contributed by atoms with van der Waals surface area (Å²) in [7, 11) is 1.56. The molecular weight excluding hydrogens is 459 g/mol.